The highest BCUT2D eigenvalue weighted by atomic mass is 32.2. The molecule has 0 aromatic heterocycles. The molecular weight excluding hydrogens is 214 g/mol. The van der Waals surface area contributed by atoms with Crippen molar-refractivity contribution >= 4 is 10.2 Å². The van der Waals surface area contributed by atoms with Crippen molar-refractivity contribution in [2.75, 3.05) is 19.6 Å². The number of nitrogens with zero attached hydrogens (tertiary/aromatic N) is 1. The van der Waals surface area contributed by atoms with Crippen molar-refractivity contribution in [3.8, 4) is 0 Å². The molecule has 1 aliphatic heterocycles. The molecule has 0 unspecified atom stereocenters. The molecule has 1 aliphatic carbocycles. The van der Waals surface area contributed by atoms with Crippen LogP contribution in [0, 0.1) is 5.92 Å². The molecule has 2 aliphatic rings. The van der Waals surface area contributed by atoms with Gasteiger partial charge in [0.15, 0.2) is 0 Å². The lowest BCUT2D eigenvalue weighted by molar-refractivity contribution is 0.283. The van der Waals surface area contributed by atoms with E-state index in [-0.39, 0.29) is 6.04 Å². The summed E-state index contributed by atoms with van der Waals surface area (Å²) in [4.78, 5) is 0. The van der Waals surface area contributed by atoms with Crippen LogP contribution in [0.2, 0.25) is 0 Å². The summed E-state index contributed by atoms with van der Waals surface area (Å²) in [6, 6.07) is 0.190. The van der Waals surface area contributed by atoms with E-state index in [2.05, 4.69) is 5.32 Å². The van der Waals surface area contributed by atoms with Crippen molar-refractivity contribution in [1.29, 1.82) is 0 Å². The minimum atomic E-state index is -3.49. The van der Waals surface area contributed by atoms with Crippen LogP contribution in [0.25, 0.3) is 0 Å². The molecule has 0 spiro atoms. The van der Waals surface area contributed by atoms with Gasteiger partial charge in [0.2, 0.25) is 0 Å². The first-order valence-electron chi connectivity index (χ1n) is 5.57. The predicted octanol–water partition coefficient (Wildman–Crippen LogP) is -0.346. The number of piperidine rings is 1. The molecule has 0 atom stereocenters. The lowest BCUT2D eigenvalue weighted by atomic mass is 9.98. The molecule has 0 radical (unpaired) electrons. The molecule has 0 bridgehead atoms. The molecule has 2 fully saturated rings. The fraction of sp³-hybridized carbons (Fsp3) is 1.00. The molecular formula is C9H19N3O2S. The lowest BCUT2D eigenvalue weighted by Crippen LogP contribution is -2.43. The van der Waals surface area contributed by atoms with E-state index in [1.165, 1.54) is 4.31 Å². The van der Waals surface area contributed by atoms with Crippen LogP contribution in [-0.2, 0) is 10.2 Å². The van der Waals surface area contributed by atoms with Crippen LogP contribution in [0.5, 0.6) is 0 Å². The third-order valence-corrected chi connectivity index (χ3v) is 4.28. The zero-order valence-electron chi connectivity index (χ0n) is 8.85. The second-order valence-electron chi connectivity index (χ2n) is 4.54. The Kier molecular flexibility index (Phi) is 3.30. The highest BCUT2D eigenvalue weighted by molar-refractivity contribution is 7.86. The van der Waals surface area contributed by atoms with Crippen molar-refractivity contribution in [3.05, 3.63) is 0 Å². The summed E-state index contributed by atoms with van der Waals surface area (Å²) in [6.45, 7) is 2.60. The van der Waals surface area contributed by atoms with Crippen LogP contribution < -0.4 is 10.5 Å². The van der Waals surface area contributed by atoms with E-state index in [0.29, 0.717) is 12.5 Å². The molecule has 0 aromatic rings. The predicted molar refractivity (Wildman–Crippen MR) is 58.4 cm³/mol. The lowest BCUT2D eigenvalue weighted by Gasteiger charge is -2.28. The summed E-state index contributed by atoms with van der Waals surface area (Å²) in [5.41, 5.74) is 0. The van der Waals surface area contributed by atoms with Crippen LogP contribution >= 0.6 is 0 Å². The van der Waals surface area contributed by atoms with Gasteiger partial charge in [0.05, 0.1) is 0 Å². The zero-order chi connectivity index (χ0) is 10.9. The Balaban J connectivity index is 1.94. The van der Waals surface area contributed by atoms with E-state index in [0.717, 1.165) is 38.8 Å². The highest BCUT2D eigenvalue weighted by Crippen LogP contribution is 2.30. The van der Waals surface area contributed by atoms with Crippen molar-refractivity contribution in [2.24, 2.45) is 11.1 Å². The van der Waals surface area contributed by atoms with E-state index in [4.69, 9.17) is 5.14 Å². The summed E-state index contributed by atoms with van der Waals surface area (Å²) in [6.07, 6.45) is 4.06. The second kappa shape index (κ2) is 4.37. The van der Waals surface area contributed by atoms with Gasteiger partial charge in [-0.05, 0) is 44.7 Å². The van der Waals surface area contributed by atoms with Gasteiger partial charge in [-0.25, -0.2) is 5.14 Å². The van der Waals surface area contributed by atoms with Crippen molar-refractivity contribution in [1.82, 2.24) is 9.62 Å². The molecule has 2 rings (SSSR count). The third-order valence-electron chi connectivity index (χ3n) is 3.18. The molecule has 88 valence electrons. The number of nitrogens with two attached hydrogens (primary N) is 1. The molecule has 3 N–H and O–H groups in total. The van der Waals surface area contributed by atoms with Gasteiger partial charge in [-0.1, -0.05) is 0 Å². The number of hydrogen-bond donors (Lipinski definition) is 2. The fourth-order valence-electron chi connectivity index (χ4n) is 2.14. The SMILES string of the molecule is NS(=O)(=O)N(CC1CCNCC1)C1CC1. The smallest absolute Gasteiger partial charge is 0.277 e. The van der Waals surface area contributed by atoms with Crippen LogP contribution in [0.3, 0.4) is 0 Å². The maximum atomic E-state index is 11.4. The highest BCUT2D eigenvalue weighted by Gasteiger charge is 2.36. The van der Waals surface area contributed by atoms with Crippen LogP contribution in [-0.4, -0.2) is 38.4 Å². The van der Waals surface area contributed by atoms with E-state index in [1.807, 2.05) is 0 Å². The van der Waals surface area contributed by atoms with Crippen molar-refractivity contribution in [2.45, 2.75) is 31.7 Å². The summed E-state index contributed by atoms with van der Waals surface area (Å²) in [5.74, 6) is 0.477. The van der Waals surface area contributed by atoms with Gasteiger partial charge in [0.1, 0.15) is 0 Å². The monoisotopic (exact) mass is 233 g/mol. The van der Waals surface area contributed by atoms with Gasteiger partial charge >= 0.3 is 0 Å². The van der Waals surface area contributed by atoms with E-state index in [1.54, 1.807) is 0 Å². The van der Waals surface area contributed by atoms with Gasteiger partial charge in [-0.3, -0.25) is 0 Å². The quantitative estimate of drug-likeness (QED) is 0.697. The third kappa shape index (κ3) is 3.14. The van der Waals surface area contributed by atoms with Crippen molar-refractivity contribution < 1.29 is 8.42 Å². The first-order valence-corrected chi connectivity index (χ1v) is 7.08. The molecule has 1 heterocycles. The van der Waals surface area contributed by atoms with Crippen LogP contribution in [0.1, 0.15) is 25.7 Å². The summed E-state index contributed by atoms with van der Waals surface area (Å²) < 4.78 is 24.3. The molecule has 1 saturated carbocycles. The number of nitrogens with one attached hydrogen (secondary N) is 1. The minimum absolute atomic E-state index is 0.190. The zero-order valence-corrected chi connectivity index (χ0v) is 9.67. The van der Waals surface area contributed by atoms with Crippen LogP contribution in [0.4, 0.5) is 0 Å². The standard InChI is InChI=1S/C9H19N3O2S/c10-15(13,14)12(9-1-2-9)7-8-3-5-11-6-4-8/h8-9,11H,1-7H2,(H2,10,13,14). The summed E-state index contributed by atoms with van der Waals surface area (Å²) >= 11 is 0. The normalized spacial score (nSPS) is 24.7. The van der Waals surface area contributed by atoms with Gasteiger partial charge in [0.25, 0.3) is 10.2 Å². The molecule has 1 saturated heterocycles. The topological polar surface area (TPSA) is 75.4 Å². The molecule has 5 nitrogen and oxygen atoms in total. The average Bonchev–Trinajstić information content (AvgIpc) is 2.97. The molecule has 6 heteroatoms. The fourth-order valence-corrected chi connectivity index (χ4v) is 3.19. The maximum absolute atomic E-state index is 11.4. The van der Waals surface area contributed by atoms with Gasteiger partial charge in [-0.2, -0.15) is 12.7 Å². The molecule has 0 amide bonds. The van der Waals surface area contributed by atoms with E-state index >= 15 is 0 Å². The Bertz CT molecular complexity index is 307. The van der Waals surface area contributed by atoms with E-state index in [9.17, 15) is 8.42 Å². The maximum Gasteiger partial charge on any atom is 0.277 e. The molecule has 15 heavy (non-hydrogen) atoms. The van der Waals surface area contributed by atoms with Gasteiger partial charge in [-0.15, -0.1) is 0 Å². The Morgan fingerprint density at radius 1 is 1.20 bits per heavy atom. The van der Waals surface area contributed by atoms with Crippen LogP contribution in [0.15, 0.2) is 0 Å². The Morgan fingerprint density at radius 3 is 2.27 bits per heavy atom. The van der Waals surface area contributed by atoms with Crippen molar-refractivity contribution in [3.63, 3.8) is 0 Å². The first-order chi connectivity index (χ1) is 7.07. The first kappa shape index (κ1) is 11.3. The summed E-state index contributed by atoms with van der Waals surface area (Å²) in [7, 11) is -3.49. The minimum Gasteiger partial charge on any atom is -0.317 e. The van der Waals surface area contributed by atoms with E-state index < -0.39 is 10.2 Å². The van der Waals surface area contributed by atoms with Gasteiger partial charge < -0.3 is 5.32 Å². The number of rotatable bonds is 4. The Morgan fingerprint density at radius 2 is 1.80 bits per heavy atom. The Hall–Kier alpha value is -0.170. The Labute approximate surface area is 91.2 Å². The number of hydrogen-bond acceptors (Lipinski definition) is 3. The molecule has 0 aromatic carbocycles. The second-order valence-corrected chi connectivity index (χ2v) is 6.04. The van der Waals surface area contributed by atoms with Gasteiger partial charge in [0, 0.05) is 12.6 Å². The summed E-state index contributed by atoms with van der Waals surface area (Å²) in [5, 5.41) is 8.49. The average molecular weight is 233 g/mol. The largest absolute Gasteiger partial charge is 0.317 e.